The second-order valence-electron chi connectivity index (χ2n) is 6.07. The van der Waals surface area contributed by atoms with E-state index in [1.165, 1.54) is 84.2 Å². The highest BCUT2D eigenvalue weighted by Gasteiger charge is 2.17. The Labute approximate surface area is 113 Å². The Balaban J connectivity index is 1.43. The lowest BCUT2D eigenvalue weighted by molar-refractivity contribution is 0.175. The molecule has 2 aliphatic rings. The molecule has 1 atom stereocenters. The second-order valence-corrected chi connectivity index (χ2v) is 6.07. The standard InChI is InChI=1S/C15H31N3/c1-17-11-3-2-7-15(17)8-10-16-9-6-14-18-12-4-5-13-18/h15-16H,2-14H2,1H3. The summed E-state index contributed by atoms with van der Waals surface area (Å²) in [5, 5.41) is 3.62. The Bertz CT molecular complexity index is 214. The smallest absolute Gasteiger partial charge is 0.0104 e. The van der Waals surface area contributed by atoms with Crippen LogP contribution in [0.4, 0.5) is 0 Å². The maximum Gasteiger partial charge on any atom is 0.0104 e. The lowest BCUT2D eigenvalue weighted by Crippen LogP contribution is -2.38. The van der Waals surface area contributed by atoms with E-state index in [4.69, 9.17) is 0 Å². The van der Waals surface area contributed by atoms with Gasteiger partial charge >= 0.3 is 0 Å². The van der Waals surface area contributed by atoms with Crippen LogP contribution in [-0.2, 0) is 0 Å². The normalized spacial score (nSPS) is 26.8. The van der Waals surface area contributed by atoms with E-state index < -0.39 is 0 Å². The van der Waals surface area contributed by atoms with Crippen LogP contribution >= 0.6 is 0 Å². The number of rotatable bonds is 7. The summed E-state index contributed by atoms with van der Waals surface area (Å²) in [6.45, 7) is 7.69. The Kier molecular flexibility index (Phi) is 6.46. The third-order valence-electron chi connectivity index (χ3n) is 4.60. The van der Waals surface area contributed by atoms with E-state index >= 15 is 0 Å². The van der Waals surface area contributed by atoms with E-state index in [1.807, 2.05) is 0 Å². The van der Waals surface area contributed by atoms with Crippen LogP contribution in [0.2, 0.25) is 0 Å². The zero-order valence-corrected chi connectivity index (χ0v) is 12.2. The molecule has 0 radical (unpaired) electrons. The lowest BCUT2D eigenvalue weighted by Gasteiger charge is -2.32. The molecule has 2 heterocycles. The molecule has 0 saturated carbocycles. The Hall–Kier alpha value is -0.120. The van der Waals surface area contributed by atoms with Crippen LogP contribution in [0, 0.1) is 0 Å². The van der Waals surface area contributed by atoms with E-state index in [0.29, 0.717) is 0 Å². The fraction of sp³-hybridized carbons (Fsp3) is 1.00. The summed E-state index contributed by atoms with van der Waals surface area (Å²) < 4.78 is 0. The van der Waals surface area contributed by atoms with Gasteiger partial charge in [0.15, 0.2) is 0 Å². The monoisotopic (exact) mass is 253 g/mol. The summed E-state index contributed by atoms with van der Waals surface area (Å²) in [6.07, 6.45) is 9.73. The number of nitrogens with one attached hydrogen (secondary N) is 1. The summed E-state index contributed by atoms with van der Waals surface area (Å²) >= 11 is 0. The van der Waals surface area contributed by atoms with Crippen LogP contribution in [0.5, 0.6) is 0 Å². The summed E-state index contributed by atoms with van der Waals surface area (Å²) in [5.41, 5.74) is 0. The SMILES string of the molecule is CN1CCCCC1CCNCCCN1CCCC1. The molecule has 0 aromatic heterocycles. The summed E-state index contributed by atoms with van der Waals surface area (Å²) in [7, 11) is 2.29. The number of piperidine rings is 1. The zero-order chi connectivity index (χ0) is 12.6. The first kappa shape index (κ1) is 14.3. The molecule has 0 aromatic rings. The second kappa shape index (κ2) is 8.13. The van der Waals surface area contributed by atoms with E-state index in [0.717, 1.165) is 6.04 Å². The average Bonchev–Trinajstić information content (AvgIpc) is 2.89. The molecule has 0 aromatic carbocycles. The summed E-state index contributed by atoms with van der Waals surface area (Å²) in [6, 6.07) is 0.838. The van der Waals surface area contributed by atoms with Crippen molar-refractivity contribution in [3.63, 3.8) is 0 Å². The first-order chi connectivity index (χ1) is 8.86. The molecule has 1 N–H and O–H groups in total. The highest BCUT2D eigenvalue weighted by Crippen LogP contribution is 2.17. The minimum atomic E-state index is 0.838. The maximum absolute atomic E-state index is 3.62. The summed E-state index contributed by atoms with van der Waals surface area (Å²) in [4.78, 5) is 5.16. The molecule has 0 aliphatic carbocycles. The van der Waals surface area contributed by atoms with Crippen molar-refractivity contribution in [1.82, 2.24) is 15.1 Å². The molecule has 2 fully saturated rings. The van der Waals surface area contributed by atoms with Crippen LogP contribution in [0.3, 0.4) is 0 Å². The Morgan fingerprint density at radius 2 is 1.78 bits per heavy atom. The van der Waals surface area contributed by atoms with Gasteiger partial charge in [-0.2, -0.15) is 0 Å². The van der Waals surface area contributed by atoms with Crippen molar-refractivity contribution in [2.75, 3.05) is 46.3 Å². The van der Waals surface area contributed by atoms with Gasteiger partial charge in [-0.3, -0.25) is 0 Å². The van der Waals surface area contributed by atoms with Crippen LogP contribution in [0.15, 0.2) is 0 Å². The quantitative estimate of drug-likeness (QED) is 0.700. The van der Waals surface area contributed by atoms with Crippen molar-refractivity contribution in [2.45, 2.75) is 51.0 Å². The van der Waals surface area contributed by atoms with Crippen molar-refractivity contribution in [3.05, 3.63) is 0 Å². The topological polar surface area (TPSA) is 18.5 Å². The fourth-order valence-corrected chi connectivity index (χ4v) is 3.34. The number of hydrogen-bond donors (Lipinski definition) is 1. The first-order valence-corrected chi connectivity index (χ1v) is 7.99. The molecule has 0 spiro atoms. The third-order valence-corrected chi connectivity index (χ3v) is 4.60. The largest absolute Gasteiger partial charge is 0.317 e. The van der Waals surface area contributed by atoms with Gasteiger partial charge in [-0.1, -0.05) is 6.42 Å². The molecule has 2 rings (SSSR count). The van der Waals surface area contributed by atoms with Gasteiger partial charge in [0, 0.05) is 6.04 Å². The van der Waals surface area contributed by atoms with Crippen molar-refractivity contribution in [3.8, 4) is 0 Å². The Morgan fingerprint density at radius 1 is 1.00 bits per heavy atom. The van der Waals surface area contributed by atoms with Crippen molar-refractivity contribution >= 4 is 0 Å². The molecule has 3 nitrogen and oxygen atoms in total. The highest BCUT2D eigenvalue weighted by molar-refractivity contribution is 4.75. The van der Waals surface area contributed by atoms with Gasteiger partial charge in [-0.05, 0) is 84.8 Å². The molecule has 3 heteroatoms. The van der Waals surface area contributed by atoms with Gasteiger partial charge in [-0.25, -0.2) is 0 Å². The molecule has 18 heavy (non-hydrogen) atoms. The van der Waals surface area contributed by atoms with Crippen molar-refractivity contribution < 1.29 is 0 Å². The molecule has 2 saturated heterocycles. The first-order valence-electron chi connectivity index (χ1n) is 7.99. The van der Waals surface area contributed by atoms with Gasteiger partial charge in [0.2, 0.25) is 0 Å². The van der Waals surface area contributed by atoms with Crippen molar-refractivity contribution in [1.29, 1.82) is 0 Å². The van der Waals surface area contributed by atoms with E-state index in [2.05, 4.69) is 22.2 Å². The number of nitrogens with zero attached hydrogens (tertiary/aromatic N) is 2. The van der Waals surface area contributed by atoms with Crippen LogP contribution in [-0.4, -0.2) is 62.2 Å². The van der Waals surface area contributed by atoms with Crippen molar-refractivity contribution in [2.24, 2.45) is 0 Å². The predicted octanol–water partition coefficient (Wildman–Crippen LogP) is 1.94. The maximum atomic E-state index is 3.62. The van der Waals surface area contributed by atoms with Gasteiger partial charge in [0.1, 0.15) is 0 Å². The summed E-state index contributed by atoms with van der Waals surface area (Å²) in [5.74, 6) is 0. The fourth-order valence-electron chi connectivity index (χ4n) is 3.34. The van der Waals surface area contributed by atoms with E-state index in [1.54, 1.807) is 0 Å². The predicted molar refractivity (Wildman–Crippen MR) is 78.0 cm³/mol. The minimum Gasteiger partial charge on any atom is -0.317 e. The van der Waals surface area contributed by atoms with Gasteiger partial charge < -0.3 is 15.1 Å². The van der Waals surface area contributed by atoms with Crippen LogP contribution in [0.25, 0.3) is 0 Å². The highest BCUT2D eigenvalue weighted by atomic mass is 15.1. The Morgan fingerprint density at radius 3 is 2.56 bits per heavy atom. The zero-order valence-electron chi connectivity index (χ0n) is 12.2. The van der Waals surface area contributed by atoms with Gasteiger partial charge in [-0.15, -0.1) is 0 Å². The van der Waals surface area contributed by atoms with E-state index in [-0.39, 0.29) is 0 Å². The molecule has 0 bridgehead atoms. The third kappa shape index (κ3) is 4.87. The minimum absolute atomic E-state index is 0.838. The average molecular weight is 253 g/mol. The van der Waals surface area contributed by atoms with Gasteiger partial charge in [0.25, 0.3) is 0 Å². The molecular weight excluding hydrogens is 222 g/mol. The van der Waals surface area contributed by atoms with Crippen LogP contribution < -0.4 is 5.32 Å². The van der Waals surface area contributed by atoms with E-state index in [9.17, 15) is 0 Å². The lowest BCUT2D eigenvalue weighted by atomic mass is 10.0. The van der Waals surface area contributed by atoms with Gasteiger partial charge in [0.05, 0.1) is 0 Å². The molecule has 1 unspecified atom stereocenters. The number of hydrogen-bond acceptors (Lipinski definition) is 3. The number of likely N-dealkylation sites (tertiary alicyclic amines) is 2. The molecular formula is C15H31N3. The molecule has 106 valence electrons. The molecule has 0 amide bonds. The molecule has 2 aliphatic heterocycles. The van der Waals surface area contributed by atoms with Crippen LogP contribution in [0.1, 0.15) is 44.9 Å².